The summed E-state index contributed by atoms with van der Waals surface area (Å²) in [5.74, 6) is 0.623. The summed E-state index contributed by atoms with van der Waals surface area (Å²) in [5, 5.41) is 7.38. The normalized spacial score (nSPS) is 12.8. The maximum atomic E-state index is 5.88. The highest BCUT2D eigenvalue weighted by atomic mass is 15.2. The molecule has 0 unspecified atom stereocenters. The van der Waals surface area contributed by atoms with Gasteiger partial charge in [0.2, 0.25) is 0 Å². The smallest absolute Gasteiger partial charge is 0.178 e. The Morgan fingerprint density at radius 3 is 2.85 bits per heavy atom. The second kappa shape index (κ2) is 6.29. The van der Waals surface area contributed by atoms with Crippen molar-refractivity contribution in [1.29, 1.82) is 0 Å². The Balaban J connectivity index is 1.86. The molecule has 0 saturated carbocycles. The molecule has 7 heteroatoms. The number of nitrogens with zero attached hydrogens (tertiary/aromatic N) is 4. The monoisotopic (exact) mass is 343 g/mol. The molecule has 4 aromatic heterocycles. The number of hydrogen-bond acceptors (Lipinski definition) is 5. The number of aromatic nitrogens is 6. The third-order valence-electron chi connectivity index (χ3n) is 4.05. The van der Waals surface area contributed by atoms with Crippen LogP contribution in [0.5, 0.6) is 0 Å². The molecule has 0 saturated heterocycles. The summed E-state index contributed by atoms with van der Waals surface area (Å²) in [4.78, 5) is 16.8. The van der Waals surface area contributed by atoms with Gasteiger partial charge in [0.05, 0.1) is 16.7 Å². The van der Waals surface area contributed by atoms with E-state index in [1.807, 2.05) is 43.3 Å². The third-order valence-corrected chi connectivity index (χ3v) is 4.05. The predicted octanol–water partition coefficient (Wildman–Crippen LogP) is 3.33. The first kappa shape index (κ1) is 15.8. The van der Waals surface area contributed by atoms with Crippen molar-refractivity contribution in [2.24, 2.45) is 5.73 Å². The van der Waals surface area contributed by atoms with Gasteiger partial charge in [0, 0.05) is 11.9 Å². The molecule has 26 heavy (non-hydrogen) atoms. The van der Waals surface area contributed by atoms with Crippen LogP contribution in [0.15, 0.2) is 61.0 Å². The molecule has 0 spiro atoms. The summed E-state index contributed by atoms with van der Waals surface area (Å²) < 4.78 is 0. The number of imidazole rings is 1. The molecule has 7 nitrogen and oxygen atoms in total. The summed E-state index contributed by atoms with van der Waals surface area (Å²) >= 11 is 0. The Morgan fingerprint density at radius 2 is 2.08 bits per heavy atom. The van der Waals surface area contributed by atoms with Gasteiger partial charge in [-0.25, -0.2) is 15.0 Å². The van der Waals surface area contributed by atoms with Gasteiger partial charge in [0.15, 0.2) is 17.2 Å². The van der Waals surface area contributed by atoms with E-state index < -0.39 is 0 Å². The summed E-state index contributed by atoms with van der Waals surface area (Å²) in [7, 11) is 0. The molecule has 0 aliphatic heterocycles. The molecular formula is C19H17N7. The lowest BCUT2D eigenvalue weighted by molar-refractivity contribution is 1.10. The highest BCUT2D eigenvalue weighted by molar-refractivity contribution is 5.91. The van der Waals surface area contributed by atoms with E-state index in [0.717, 1.165) is 27.8 Å². The van der Waals surface area contributed by atoms with Crippen molar-refractivity contribution >= 4 is 27.8 Å². The fourth-order valence-electron chi connectivity index (χ4n) is 2.73. The fraction of sp³-hybridized carbons (Fsp3) is 0.0526. The molecule has 128 valence electrons. The SMILES string of the molecule is C=C/C(N)=C\C(=C/C)c1ccc2[nH]nc(-c3nc4ncccc4[nH]3)c2n1. The lowest BCUT2D eigenvalue weighted by atomic mass is 10.1. The summed E-state index contributed by atoms with van der Waals surface area (Å²) in [5.41, 5.74) is 11.9. The van der Waals surface area contributed by atoms with Crippen molar-refractivity contribution in [1.82, 2.24) is 30.1 Å². The van der Waals surface area contributed by atoms with Gasteiger partial charge in [-0.2, -0.15) is 5.10 Å². The van der Waals surface area contributed by atoms with Crippen LogP contribution < -0.4 is 5.73 Å². The lowest BCUT2D eigenvalue weighted by Crippen LogP contribution is -1.95. The Morgan fingerprint density at radius 1 is 1.19 bits per heavy atom. The minimum atomic E-state index is 0.579. The van der Waals surface area contributed by atoms with Gasteiger partial charge in [0.25, 0.3) is 0 Å². The molecular weight excluding hydrogens is 326 g/mol. The summed E-state index contributed by atoms with van der Waals surface area (Å²) in [6, 6.07) is 7.65. The van der Waals surface area contributed by atoms with E-state index in [2.05, 4.69) is 31.7 Å². The van der Waals surface area contributed by atoms with Crippen LogP contribution in [-0.4, -0.2) is 30.1 Å². The van der Waals surface area contributed by atoms with Gasteiger partial charge in [-0.3, -0.25) is 5.10 Å². The minimum Gasteiger partial charge on any atom is -0.399 e. The zero-order chi connectivity index (χ0) is 18.1. The number of pyridine rings is 2. The Bertz CT molecular complexity index is 1140. The van der Waals surface area contributed by atoms with Gasteiger partial charge in [0.1, 0.15) is 5.52 Å². The number of hydrogen-bond donors (Lipinski definition) is 3. The van der Waals surface area contributed by atoms with E-state index in [1.165, 1.54) is 0 Å². The van der Waals surface area contributed by atoms with Gasteiger partial charge in [-0.1, -0.05) is 12.7 Å². The number of aromatic amines is 2. The van der Waals surface area contributed by atoms with Gasteiger partial charge in [-0.15, -0.1) is 0 Å². The molecule has 4 aromatic rings. The molecule has 4 N–H and O–H groups in total. The molecule has 0 radical (unpaired) electrons. The van der Waals surface area contributed by atoms with E-state index in [9.17, 15) is 0 Å². The average Bonchev–Trinajstić information content (AvgIpc) is 3.28. The molecule has 0 aliphatic rings. The first-order valence-electron chi connectivity index (χ1n) is 8.12. The van der Waals surface area contributed by atoms with Gasteiger partial charge >= 0.3 is 0 Å². The molecule has 4 rings (SSSR count). The van der Waals surface area contributed by atoms with Crippen molar-refractivity contribution in [2.45, 2.75) is 6.92 Å². The van der Waals surface area contributed by atoms with E-state index >= 15 is 0 Å². The highest BCUT2D eigenvalue weighted by Gasteiger charge is 2.15. The van der Waals surface area contributed by atoms with Gasteiger partial charge in [-0.05, 0) is 48.9 Å². The number of rotatable bonds is 4. The molecule has 0 atom stereocenters. The molecule has 0 fully saturated rings. The third kappa shape index (κ3) is 2.65. The summed E-state index contributed by atoms with van der Waals surface area (Å²) in [6.07, 6.45) is 7.11. The van der Waals surface area contributed by atoms with Crippen LogP contribution in [-0.2, 0) is 0 Å². The van der Waals surface area contributed by atoms with Crippen LogP contribution in [0.1, 0.15) is 12.6 Å². The van der Waals surface area contributed by atoms with Crippen LogP contribution in [0.25, 0.3) is 39.3 Å². The molecule has 0 amide bonds. The standard InChI is InChI=1S/C19H17N7/c1-3-11(10-12(20)4-2)13-7-8-14-16(22-13)17(26-25-14)19-23-15-6-5-9-21-18(15)24-19/h3-10H,2,20H2,1H3,(H,25,26)(H,21,23,24)/b11-3+,12-10+. The number of allylic oxidation sites excluding steroid dienone is 4. The predicted molar refractivity (Wildman–Crippen MR) is 103 cm³/mol. The number of fused-ring (bicyclic) bond motifs is 2. The van der Waals surface area contributed by atoms with Crippen LogP contribution in [0, 0.1) is 0 Å². The first-order valence-corrected chi connectivity index (χ1v) is 8.12. The Kier molecular flexibility index (Phi) is 3.81. The van der Waals surface area contributed by atoms with Crippen LogP contribution in [0.2, 0.25) is 0 Å². The number of nitrogens with one attached hydrogen (secondary N) is 2. The summed E-state index contributed by atoms with van der Waals surface area (Å²) in [6.45, 7) is 5.62. The minimum absolute atomic E-state index is 0.579. The zero-order valence-corrected chi connectivity index (χ0v) is 14.2. The van der Waals surface area contributed by atoms with Crippen molar-refractivity contribution in [2.75, 3.05) is 0 Å². The topological polar surface area (TPSA) is 109 Å². The molecule has 0 bridgehead atoms. The lowest BCUT2D eigenvalue weighted by Gasteiger charge is -2.03. The van der Waals surface area contributed by atoms with Crippen molar-refractivity contribution in [3.63, 3.8) is 0 Å². The maximum Gasteiger partial charge on any atom is 0.178 e. The van der Waals surface area contributed by atoms with Crippen molar-refractivity contribution in [3.05, 3.63) is 66.7 Å². The van der Waals surface area contributed by atoms with E-state index in [-0.39, 0.29) is 0 Å². The number of nitrogens with two attached hydrogens (primary N) is 1. The molecule has 4 heterocycles. The Labute approximate surface area is 149 Å². The zero-order valence-electron chi connectivity index (χ0n) is 14.2. The molecule has 0 aliphatic carbocycles. The van der Waals surface area contributed by atoms with Crippen LogP contribution >= 0.6 is 0 Å². The second-order valence-corrected chi connectivity index (χ2v) is 5.72. The quantitative estimate of drug-likeness (QED) is 0.492. The maximum absolute atomic E-state index is 5.88. The fourth-order valence-corrected chi connectivity index (χ4v) is 2.73. The first-order chi connectivity index (χ1) is 12.7. The highest BCUT2D eigenvalue weighted by Crippen LogP contribution is 2.26. The average molecular weight is 343 g/mol. The van der Waals surface area contributed by atoms with E-state index in [4.69, 9.17) is 10.7 Å². The molecule has 0 aromatic carbocycles. The Hall–Kier alpha value is -3.74. The van der Waals surface area contributed by atoms with E-state index in [1.54, 1.807) is 12.3 Å². The number of H-pyrrole nitrogens is 2. The van der Waals surface area contributed by atoms with Crippen molar-refractivity contribution in [3.8, 4) is 11.5 Å². The van der Waals surface area contributed by atoms with E-state index in [0.29, 0.717) is 22.9 Å². The van der Waals surface area contributed by atoms with Crippen LogP contribution in [0.3, 0.4) is 0 Å². The second-order valence-electron chi connectivity index (χ2n) is 5.72. The van der Waals surface area contributed by atoms with Crippen LogP contribution in [0.4, 0.5) is 0 Å². The van der Waals surface area contributed by atoms with Crippen molar-refractivity contribution < 1.29 is 0 Å². The van der Waals surface area contributed by atoms with Gasteiger partial charge < -0.3 is 10.7 Å². The largest absolute Gasteiger partial charge is 0.399 e.